The van der Waals surface area contributed by atoms with Crippen LogP contribution < -0.4 is 0 Å². The van der Waals surface area contributed by atoms with Gasteiger partial charge in [0.1, 0.15) is 5.52 Å². The Labute approximate surface area is 165 Å². The van der Waals surface area contributed by atoms with E-state index in [9.17, 15) is 4.79 Å². The van der Waals surface area contributed by atoms with E-state index in [1.807, 2.05) is 30.0 Å². The zero-order valence-corrected chi connectivity index (χ0v) is 16.5. The number of amides is 1. The highest BCUT2D eigenvalue weighted by atomic mass is 16.2. The number of hydrogen-bond acceptors (Lipinski definition) is 3. The van der Waals surface area contributed by atoms with Gasteiger partial charge in [-0.1, -0.05) is 36.4 Å². The summed E-state index contributed by atoms with van der Waals surface area (Å²) in [5.41, 5.74) is 5.27. The maximum Gasteiger partial charge on any atom is 0.256 e. The normalized spacial score (nSPS) is 19.1. The second-order valence-electron chi connectivity index (χ2n) is 8.45. The fourth-order valence-corrected chi connectivity index (χ4v) is 5.01. The van der Waals surface area contributed by atoms with Crippen LogP contribution in [0.2, 0.25) is 0 Å². The number of para-hydroxylation sites is 1. The van der Waals surface area contributed by atoms with Gasteiger partial charge in [0.25, 0.3) is 5.91 Å². The quantitative estimate of drug-likeness (QED) is 0.709. The molecule has 1 saturated heterocycles. The molecule has 5 nitrogen and oxygen atoms in total. The van der Waals surface area contributed by atoms with Crippen molar-refractivity contribution >= 4 is 16.8 Å². The number of nitrogens with zero attached hydrogens (tertiary/aromatic N) is 3. The molecule has 0 unspecified atom stereocenters. The molecule has 2 aromatic carbocycles. The van der Waals surface area contributed by atoms with Crippen molar-refractivity contribution in [2.45, 2.75) is 31.7 Å². The molecule has 3 heterocycles. The van der Waals surface area contributed by atoms with Crippen LogP contribution in [0.1, 0.15) is 40.0 Å². The van der Waals surface area contributed by atoms with Crippen LogP contribution >= 0.6 is 0 Å². The third-order valence-electron chi connectivity index (χ3n) is 6.68. The Hall–Kier alpha value is -2.66. The number of carbonyl (C=O) groups excluding carboxylic acids is 1. The Balaban J connectivity index is 1.55. The Morgan fingerprint density at radius 2 is 1.89 bits per heavy atom. The lowest BCUT2D eigenvalue weighted by atomic mass is 9.69. The summed E-state index contributed by atoms with van der Waals surface area (Å²) in [6.45, 7) is 5.60. The molecule has 28 heavy (non-hydrogen) atoms. The number of rotatable bonds is 1. The summed E-state index contributed by atoms with van der Waals surface area (Å²) in [6.07, 6.45) is 2.19. The number of aromatic nitrogens is 2. The van der Waals surface area contributed by atoms with E-state index in [1.165, 1.54) is 11.1 Å². The minimum Gasteiger partial charge on any atom is -0.333 e. The minimum absolute atomic E-state index is 0.0619. The molecule has 1 amide bonds. The number of H-pyrrole nitrogens is 1. The number of likely N-dealkylation sites (tertiary alicyclic amines) is 1. The number of hydrogen-bond donors (Lipinski definition) is 1. The van der Waals surface area contributed by atoms with Crippen molar-refractivity contribution in [3.63, 3.8) is 0 Å². The molecule has 0 aliphatic carbocycles. The van der Waals surface area contributed by atoms with E-state index in [0.717, 1.165) is 49.1 Å². The summed E-state index contributed by atoms with van der Waals surface area (Å²) >= 11 is 0. The summed E-state index contributed by atoms with van der Waals surface area (Å²) in [5, 5.41) is 8.46. The Morgan fingerprint density at radius 1 is 1.11 bits per heavy atom. The third-order valence-corrected chi connectivity index (χ3v) is 6.68. The highest BCUT2D eigenvalue weighted by Crippen LogP contribution is 2.42. The van der Waals surface area contributed by atoms with Gasteiger partial charge in [-0.2, -0.15) is 5.10 Å². The number of fused-ring (bicyclic) bond motifs is 3. The summed E-state index contributed by atoms with van der Waals surface area (Å²) in [4.78, 5) is 18.0. The first-order valence-corrected chi connectivity index (χ1v) is 10.1. The largest absolute Gasteiger partial charge is 0.333 e. The van der Waals surface area contributed by atoms with E-state index in [-0.39, 0.29) is 11.3 Å². The molecule has 0 saturated carbocycles. The predicted octanol–water partition coefficient (Wildman–Crippen LogP) is 3.49. The molecule has 0 atom stereocenters. The zero-order chi connectivity index (χ0) is 19.3. The van der Waals surface area contributed by atoms with Crippen LogP contribution in [0.5, 0.6) is 0 Å². The second kappa shape index (κ2) is 6.45. The van der Waals surface area contributed by atoms with Crippen molar-refractivity contribution in [3.8, 4) is 0 Å². The van der Waals surface area contributed by atoms with Crippen molar-refractivity contribution < 1.29 is 4.79 Å². The average Bonchev–Trinajstić information content (AvgIpc) is 3.11. The maximum absolute atomic E-state index is 13.6. The first-order valence-electron chi connectivity index (χ1n) is 10.1. The molecule has 1 aromatic heterocycles. The first-order chi connectivity index (χ1) is 13.6. The summed E-state index contributed by atoms with van der Waals surface area (Å²) in [6, 6.07) is 14.6. The molecule has 1 fully saturated rings. The van der Waals surface area contributed by atoms with Crippen molar-refractivity contribution in [3.05, 3.63) is 64.8 Å². The van der Waals surface area contributed by atoms with Crippen LogP contribution in [-0.2, 0) is 12.0 Å². The molecule has 0 bridgehead atoms. The molecule has 1 N–H and O–H groups in total. The lowest BCUT2D eigenvalue weighted by molar-refractivity contribution is 0.0600. The lowest BCUT2D eigenvalue weighted by Crippen LogP contribution is -2.52. The number of piperidine rings is 1. The van der Waals surface area contributed by atoms with Crippen LogP contribution in [-0.4, -0.2) is 52.6 Å². The van der Waals surface area contributed by atoms with Gasteiger partial charge < -0.3 is 9.80 Å². The SMILES string of the molecule is Cc1[nH]nc2c(C(=O)N3Cc4ccccc4C4(CCN(C)CC4)C3)cccc12. The van der Waals surface area contributed by atoms with Crippen LogP contribution in [0.25, 0.3) is 10.9 Å². The Morgan fingerprint density at radius 3 is 2.71 bits per heavy atom. The van der Waals surface area contributed by atoms with E-state index >= 15 is 0 Å². The second-order valence-corrected chi connectivity index (χ2v) is 8.45. The Kier molecular flexibility index (Phi) is 4.02. The van der Waals surface area contributed by atoms with E-state index in [1.54, 1.807) is 0 Å². The number of aryl methyl sites for hydroxylation is 1. The van der Waals surface area contributed by atoms with Gasteiger partial charge in [0.05, 0.1) is 5.56 Å². The van der Waals surface area contributed by atoms with Gasteiger partial charge in [0.2, 0.25) is 0 Å². The fourth-order valence-electron chi connectivity index (χ4n) is 5.01. The van der Waals surface area contributed by atoms with Gasteiger partial charge in [-0.3, -0.25) is 9.89 Å². The van der Waals surface area contributed by atoms with Gasteiger partial charge in [0, 0.05) is 29.6 Å². The monoisotopic (exact) mass is 374 g/mol. The van der Waals surface area contributed by atoms with Crippen molar-refractivity contribution in [2.75, 3.05) is 26.7 Å². The minimum atomic E-state index is 0.0619. The van der Waals surface area contributed by atoms with Crippen molar-refractivity contribution in [1.29, 1.82) is 0 Å². The smallest absolute Gasteiger partial charge is 0.256 e. The molecule has 3 aromatic rings. The standard InChI is InChI=1S/C23H26N4O/c1-16-18-7-5-8-19(21(18)25-24-16)22(28)27-14-17-6-3-4-9-20(17)23(15-27)10-12-26(2)13-11-23/h3-9H,10-15H2,1-2H3,(H,24,25). The van der Waals surface area contributed by atoms with Gasteiger partial charge >= 0.3 is 0 Å². The van der Waals surface area contributed by atoms with Gasteiger partial charge in [-0.15, -0.1) is 0 Å². The summed E-state index contributed by atoms with van der Waals surface area (Å²) < 4.78 is 0. The molecular weight excluding hydrogens is 348 g/mol. The maximum atomic E-state index is 13.6. The van der Waals surface area contributed by atoms with E-state index < -0.39 is 0 Å². The van der Waals surface area contributed by atoms with Gasteiger partial charge in [-0.25, -0.2) is 0 Å². The molecule has 2 aliphatic heterocycles. The third kappa shape index (κ3) is 2.65. The van der Waals surface area contributed by atoms with Gasteiger partial charge in [0.15, 0.2) is 0 Å². The van der Waals surface area contributed by atoms with E-state index in [2.05, 4.69) is 46.4 Å². The summed E-state index contributed by atoms with van der Waals surface area (Å²) in [5.74, 6) is 0.0879. The number of benzene rings is 2. The molecule has 0 radical (unpaired) electrons. The van der Waals surface area contributed by atoms with Crippen LogP contribution in [0.15, 0.2) is 42.5 Å². The van der Waals surface area contributed by atoms with Crippen LogP contribution in [0.4, 0.5) is 0 Å². The van der Waals surface area contributed by atoms with Crippen LogP contribution in [0, 0.1) is 6.92 Å². The molecule has 1 spiro atoms. The van der Waals surface area contributed by atoms with E-state index in [4.69, 9.17) is 0 Å². The van der Waals surface area contributed by atoms with E-state index in [0.29, 0.717) is 12.1 Å². The van der Waals surface area contributed by atoms with Gasteiger partial charge in [-0.05, 0) is 57.1 Å². The molecule has 144 valence electrons. The molecule has 2 aliphatic rings. The molecule has 5 rings (SSSR count). The summed E-state index contributed by atoms with van der Waals surface area (Å²) in [7, 11) is 2.19. The molecule has 5 heteroatoms. The fraction of sp³-hybridized carbons (Fsp3) is 0.391. The van der Waals surface area contributed by atoms with Crippen molar-refractivity contribution in [1.82, 2.24) is 20.0 Å². The topological polar surface area (TPSA) is 52.2 Å². The predicted molar refractivity (Wildman–Crippen MR) is 110 cm³/mol. The first kappa shape index (κ1) is 17.4. The Bertz CT molecular complexity index is 1050. The van der Waals surface area contributed by atoms with Crippen molar-refractivity contribution in [2.24, 2.45) is 0 Å². The van der Waals surface area contributed by atoms with Crippen LogP contribution in [0.3, 0.4) is 0 Å². The number of nitrogens with one attached hydrogen (secondary N) is 1. The molecular formula is C23H26N4O. The highest BCUT2D eigenvalue weighted by molar-refractivity contribution is 6.06. The highest BCUT2D eigenvalue weighted by Gasteiger charge is 2.42. The lowest BCUT2D eigenvalue weighted by Gasteiger charge is -2.48. The zero-order valence-electron chi connectivity index (χ0n) is 16.5. The average molecular weight is 374 g/mol. The number of aromatic amines is 1. The number of carbonyl (C=O) groups is 1.